The van der Waals surface area contributed by atoms with Crippen molar-refractivity contribution in [2.45, 2.75) is 26.2 Å². The van der Waals surface area contributed by atoms with Gasteiger partial charge in [-0.3, -0.25) is 4.79 Å². The number of nitrogens with zero attached hydrogens (tertiary/aromatic N) is 2. The molecule has 4 heteroatoms. The van der Waals surface area contributed by atoms with E-state index in [0.29, 0.717) is 11.8 Å². The molecule has 0 spiro atoms. The first-order valence-corrected chi connectivity index (χ1v) is 7.55. The molecule has 0 atom stereocenters. The zero-order chi connectivity index (χ0) is 14.1. The number of amides is 1. The standard InChI is InChI=1S/C16H23N3O/c1-12-5-6-14(17)11-15(12)18-7-9-19(10-8-18)16(20)13-3-2-4-13/h5-6,11,13H,2-4,7-10,17H2,1H3. The Morgan fingerprint density at radius 3 is 2.50 bits per heavy atom. The molecule has 1 aliphatic heterocycles. The molecule has 4 nitrogen and oxygen atoms in total. The van der Waals surface area contributed by atoms with Crippen molar-refractivity contribution in [3.8, 4) is 0 Å². The van der Waals surface area contributed by atoms with Crippen LogP contribution < -0.4 is 10.6 Å². The van der Waals surface area contributed by atoms with E-state index < -0.39 is 0 Å². The van der Waals surface area contributed by atoms with Gasteiger partial charge in [0.05, 0.1) is 0 Å². The lowest BCUT2D eigenvalue weighted by molar-refractivity contribution is -0.138. The topological polar surface area (TPSA) is 49.6 Å². The van der Waals surface area contributed by atoms with Gasteiger partial charge >= 0.3 is 0 Å². The van der Waals surface area contributed by atoms with E-state index in [1.165, 1.54) is 17.7 Å². The summed E-state index contributed by atoms with van der Waals surface area (Å²) in [7, 11) is 0. The first-order valence-electron chi connectivity index (χ1n) is 7.55. The van der Waals surface area contributed by atoms with Crippen LogP contribution in [-0.2, 0) is 4.79 Å². The second kappa shape index (κ2) is 5.35. The van der Waals surface area contributed by atoms with Crippen LogP contribution in [0, 0.1) is 12.8 Å². The van der Waals surface area contributed by atoms with Gasteiger partial charge in [0, 0.05) is 43.5 Å². The van der Waals surface area contributed by atoms with Gasteiger partial charge in [-0.1, -0.05) is 12.5 Å². The molecule has 1 aliphatic carbocycles. The molecular formula is C16H23N3O. The van der Waals surface area contributed by atoms with Crippen molar-refractivity contribution in [2.75, 3.05) is 36.8 Å². The average Bonchev–Trinajstić information content (AvgIpc) is 2.40. The summed E-state index contributed by atoms with van der Waals surface area (Å²) >= 11 is 0. The van der Waals surface area contributed by atoms with Gasteiger partial charge in [-0.25, -0.2) is 0 Å². The molecule has 1 saturated carbocycles. The van der Waals surface area contributed by atoms with Crippen LogP contribution in [0.15, 0.2) is 18.2 Å². The van der Waals surface area contributed by atoms with Crippen LogP contribution in [0.2, 0.25) is 0 Å². The maximum atomic E-state index is 12.2. The zero-order valence-corrected chi connectivity index (χ0v) is 12.1. The molecule has 1 aromatic rings. The monoisotopic (exact) mass is 273 g/mol. The highest BCUT2D eigenvalue weighted by Gasteiger charge is 2.31. The van der Waals surface area contributed by atoms with Crippen LogP contribution >= 0.6 is 0 Å². The number of rotatable bonds is 2. The quantitative estimate of drug-likeness (QED) is 0.839. The molecule has 108 valence electrons. The number of hydrogen-bond acceptors (Lipinski definition) is 3. The first kappa shape index (κ1) is 13.3. The summed E-state index contributed by atoms with van der Waals surface area (Å²) in [6.07, 6.45) is 3.40. The van der Waals surface area contributed by atoms with Crippen LogP contribution in [0.25, 0.3) is 0 Å². The normalized spacial score (nSPS) is 19.9. The Labute approximate surface area is 120 Å². The molecular weight excluding hydrogens is 250 g/mol. The lowest BCUT2D eigenvalue weighted by atomic mass is 9.84. The molecule has 2 N–H and O–H groups in total. The third-order valence-corrected chi connectivity index (χ3v) is 4.62. The molecule has 0 radical (unpaired) electrons. The number of anilines is 2. The second-order valence-electron chi connectivity index (χ2n) is 5.99. The van der Waals surface area contributed by atoms with Crippen LogP contribution in [0.3, 0.4) is 0 Å². The van der Waals surface area contributed by atoms with Gasteiger partial charge in [0.1, 0.15) is 0 Å². The average molecular weight is 273 g/mol. The fourth-order valence-electron chi connectivity index (χ4n) is 3.05. The SMILES string of the molecule is Cc1ccc(N)cc1N1CCN(C(=O)C2CCC2)CC1. The highest BCUT2D eigenvalue weighted by molar-refractivity contribution is 5.80. The number of aryl methyl sites for hydroxylation is 1. The Balaban J connectivity index is 1.63. The lowest BCUT2D eigenvalue weighted by Gasteiger charge is -2.39. The van der Waals surface area contributed by atoms with E-state index in [9.17, 15) is 4.79 Å². The van der Waals surface area contributed by atoms with Gasteiger partial charge in [-0.2, -0.15) is 0 Å². The summed E-state index contributed by atoms with van der Waals surface area (Å²) in [4.78, 5) is 16.6. The lowest BCUT2D eigenvalue weighted by Crippen LogP contribution is -2.51. The number of nitrogen functional groups attached to an aromatic ring is 1. The third kappa shape index (κ3) is 2.47. The number of carbonyl (C=O) groups excluding carboxylic acids is 1. The van der Waals surface area contributed by atoms with Crippen LogP contribution in [0.4, 0.5) is 11.4 Å². The first-order chi connectivity index (χ1) is 9.65. The van der Waals surface area contributed by atoms with Crippen molar-refractivity contribution >= 4 is 17.3 Å². The van der Waals surface area contributed by atoms with E-state index in [1.54, 1.807) is 0 Å². The number of hydrogen-bond donors (Lipinski definition) is 1. The molecule has 20 heavy (non-hydrogen) atoms. The van der Waals surface area contributed by atoms with Gasteiger partial charge in [0.25, 0.3) is 0 Å². The van der Waals surface area contributed by atoms with Gasteiger partial charge in [0.2, 0.25) is 5.91 Å². The van der Waals surface area contributed by atoms with Crippen molar-refractivity contribution in [3.63, 3.8) is 0 Å². The summed E-state index contributed by atoms with van der Waals surface area (Å²) in [5.74, 6) is 0.691. The van der Waals surface area contributed by atoms with Crippen molar-refractivity contribution in [1.29, 1.82) is 0 Å². The van der Waals surface area contributed by atoms with E-state index in [1.807, 2.05) is 17.0 Å². The zero-order valence-electron chi connectivity index (χ0n) is 12.1. The predicted octanol–water partition coefficient (Wildman–Crippen LogP) is 2.03. The molecule has 2 aliphatic rings. The number of carbonyl (C=O) groups is 1. The molecule has 1 amide bonds. The minimum atomic E-state index is 0.315. The van der Waals surface area contributed by atoms with Gasteiger partial charge in [-0.15, -0.1) is 0 Å². The van der Waals surface area contributed by atoms with E-state index >= 15 is 0 Å². The molecule has 2 fully saturated rings. The minimum absolute atomic E-state index is 0.315. The molecule has 0 unspecified atom stereocenters. The smallest absolute Gasteiger partial charge is 0.225 e. The van der Waals surface area contributed by atoms with E-state index in [-0.39, 0.29) is 0 Å². The van der Waals surface area contributed by atoms with E-state index in [2.05, 4.69) is 17.9 Å². The van der Waals surface area contributed by atoms with Crippen molar-refractivity contribution < 1.29 is 4.79 Å². The molecule has 1 heterocycles. The molecule has 3 rings (SSSR count). The Morgan fingerprint density at radius 1 is 1.20 bits per heavy atom. The molecule has 1 aromatic carbocycles. The summed E-state index contributed by atoms with van der Waals surface area (Å²) in [5, 5.41) is 0. The number of benzene rings is 1. The molecule has 1 saturated heterocycles. The fraction of sp³-hybridized carbons (Fsp3) is 0.562. The molecule has 0 bridgehead atoms. The van der Waals surface area contributed by atoms with Crippen LogP contribution in [0.1, 0.15) is 24.8 Å². The summed E-state index contributed by atoms with van der Waals surface area (Å²) in [5.41, 5.74) is 9.15. The van der Waals surface area contributed by atoms with Crippen molar-refractivity contribution in [3.05, 3.63) is 23.8 Å². The van der Waals surface area contributed by atoms with E-state index in [4.69, 9.17) is 5.73 Å². The molecule has 0 aromatic heterocycles. The van der Waals surface area contributed by atoms with E-state index in [0.717, 1.165) is 44.7 Å². The Bertz CT molecular complexity index is 502. The third-order valence-electron chi connectivity index (χ3n) is 4.62. The predicted molar refractivity (Wildman–Crippen MR) is 81.7 cm³/mol. The Kier molecular flexibility index (Phi) is 3.55. The maximum absolute atomic E-state index is 12.2. The minimum Gasteiger partial charge on any atom is -0.399 e. The van der Waals surface area contributed by atoms with Gasteiger partial charge < -0.3 is 15.5 Å². The highest BCUT2D eigenvalue weighted by atomic mass is 16.2. The summed E-state index contributed by atoms with van der Waals surface area (Å²) in [6.45, 7) is 5.60. The van der Waals surface area contributed by atoms with Gasteiger partial charge in [-0.05, 0) is 37.5 Å². The largest absolute Gasteiger partial charge is 0.399 e. The van der Waals surface area contributed by atoms with Crippen LogP contribution in [0.5, 0.6) is 0 Å². The summed E-state index contributed by atoms with van der Waals surface area (Å²) < 4.78 is 0. The second-order valence-corrected chi connectivity index (χ2v) is 5.99. The number of nitrogens with two attached hydrogens (primary N) is 1. The van der Waals surface area contributed by atoms with Gasteiger partial charge in [0.15, 0.2) is 0 Å². The summed E-state index contributed by atoms with van der Waals surface area (Å²) in [6, 6.07) is 6.05. The van der Waals surface area contributed by atoms with Crippen LogP contribution in [-0.4, -0.2) is 37.0 Å². The maximum Gasteiger partial charge on any atom is 0.225 e. The number of piperazine rings is 1. The Hall–Kier alpha value is -1.71. The highest BCUT2D eigenvalue weighted by Crippen LogP contribution is 2.29. The van der Waals surface area contributed by atoms with Crippen molar-refractivity contribution in [2.24, 2.45) is 5.92 Å². The Morgan fingerprint density at radius 2 is 1.90 bits per heavy atom. The van der Waals surface area contributed by atoms with Crippen molar-refractivity contribution in [1.82, 2.24) is 4.90 Å². The fourth-order valence-corrected chi connectivity index (χ4v) is 3.05.